The fourth-order valence-corrected chi connectivity index (χ4v) is 3.36. The number of nitrogens with two attached hydrogens (primary N) is 1. The highest BCUT2D eigenvalue weighted by molar-refractivity contribution is 7.93. The topological polar surface area (TPSA) is 139 Å². The first-order valence-corrected chi connectivity index (χ1v) is 7.99. The summed E-state index contributed by atoms with van der Waals surface area (Å²) in [4.78, 5) is 0. The molecule has 0 aromatic carbocycles. The average Bonchev–Trinajstić information content (AvgIpc) is 2.13. The monoisotopic (exact) mass is 273 g/mol. The van der Waals surface area contributed by atoms with E-state index in [9.17, 15) is 16.8 Å². The van der Waals surface area contributed by atoms with E-state index in [-0.39, 0.29) is 18.8 Å². The molecule has 16 heavy (non-hydrogen) atoms. The van der Waals surface area contributed by atoms with E-state index in [1.807, 2.05) is 0 Å². The van der Waals surface area contributed by atoms with Gasteiger partial charge in [-0.15, -0.1) is 0 Å². The Morgan fingerprint density at radius 2 is 1.88 bits per heavy atom. The SMILES string of the molecule is CS(=O)(=O)CCS(=O)(=O)NCCC(N)=NO. The molecule has 0 saturated heterocycles. The minimum Gasteiger partial charge on any atom is -0.409 e. The minimum absolute atomic E-state index is 0.0397. The third-order valence-electron chi connectivity index (χ3n) is 1.55. The van der Waals surface area contributed by atoms with Crippen molar-refractivity contribution in [3.8, 4) is 0 Å². The predicted molar refractivity (Wildman–Crippen MR) is 59.5 cm³/mol. The van der Waals surface area contributed by atoms with Crippen molar-refractivity contribution >= 4 is 25.7 Å². The molecule has 4 N–H and O–H groups in total. The van der Waals surface area contributed by atoms with Gasteiger partial charge in [-0.25, -0.2) is 21.6 Å². The first kappa shape index (κ1) is 15.1. The lowest BCUT2D eigenvalue weighted by Gasteiger charge is -2.05. The van der Waals surface area contributed by atoms with Crippen molar-refractivity contribution < 1.29 is 22.0 Å². The number of sulfonamides is 1. The molecule has 0 radical (unpaired) electrons. The summed E-state index contributed by atoms with van der Waals surface area (Å²) in [6.45, 7) is -0.0397. The van der Waals surface area contributed by atoms with Crippen LogP contribution in [-0.2, 0) is 19.9 Å². The molecule has 0 aliphatic carbocycles. The zero-order valence-corrected chi connectivity index (χ0v) is 10.4. The number of amidine groups is 1. The smallest absolute Gasteiger partial charge is 0.212 e. The van der Waals surface area contributed by atoms with E-state index in [4.69, 9.17) is 10.9 Å². The molecule has 8 nitrogen and oxygen atoms in total. The number of nitrogens with one attached hydrogen (secondary N) is 1. The van der Waals surface area contributed by atoms with Crippen LogP contribution in [0.2, 0.25) is 0 Å². The Hall–Kier alpha value is -0.870. The molecule has 0 fully saturated rings. The Kier molecular flexibility index (Phi) is 5.68. The maximum atomic E-state index is 11.2. The maximum Gasteiger partial charge on any atom is 0.212 e. The zero-order chi connectivity index (χ0) is 12.8. The van der Waals surface area contributed by atoms with Gasteiger partial charge in [0.15, 0.2) is 0 Å². The maximum absolute atomic E-state index is 11.2. The van der Waals surface area contributed by atoms with Crippen molar-refractivity contribution in [3.63, 3.8) is 0 Å². The molecule has 0 aromatic heterocycles. The van der Waals surface area contributed by atoms with E-state index < -0.39 is 31.4 Å². The summed E-state index contributed by atoms with van der Waals surface area (Å²) in [6.07, 6.45) is 1.01. The summed E-state index contributed by atoms with van der Waals surface area (Å²) in [5.41, 5.74) is 5.11. The Morgan fingerprint density at radius 3 is 2.31 bits per heavy atom. The minimum atomic E-state index is -3.64. The summed E-state index contributed by atoms with van der Waals surface area (Å²) in [5, 5.41) is 10.8. The van der Waals surface area contributed by atoms with Crippen LogP contribution in [0.3, 0.4) is 0 Å². The van der Waals surface area contributed by atoms with Gasteiger partial charge in [-0.05, 0) is 0 Å². The van der Waals surface area contributed by atoms with Crippen LogP contribution >= 0.6 is 0 Å². The van der Waals surface area contributed by atoms with Gasteiger partial charge in [0.05, 0.1) is 11.5 Å². The third-order valence-corrected chi connectivity index (χ3v) is 4.14. The van der Waals surface area contributed by atoms with Crippen LogP contribution in [0.15, 0.2) is 5.16 Å². The molecule has 0 rings (SSSR count). The third kappa shape index (κ3) is 8.44. The number of hydrogen-bond donors (Lipinski definition) is 3. The summed E-state index contributed by atoms with van der Waals surface area (Å²) in [5.74, 6) is -1.04. The normalized spacial score (nSPS) is 13.9. The lowest BCUT2D eigenvalue weighted by Crippen LogP contribution is -2.32. The second-order valence-corrected chi connectivity index (χ2v) is 7.37. The van der Waals surface area contributed by atoms with Gasteiger partial charge < -0.3 is 10.9 Å². The number of oxime groups is 1. The van der Waals surface area contributed by atoms with Gasteiger partial charge in [0, 0.05) is 19.2 Å². The molecule has 10 heteroatoms. The Morgan fingerprint density at radius 1 is 1.31 bits per heavy atom. The van der Waals surface area contributed by atoms with Gasteiger partial charge >= 0.3 is 0 Å². The van der Waals surface area contributed by atoms with Crippen LogP contribution in [0, 0.1) is 0 Å². The summed E-state index contributed by atoms with van der Waals surface area (Å²) < 4.78 is 46.1. The van der Waals surface area contributed by atoms with Crippen molar-refractivity contribution in [2.24, 2.45) is 10.9 Å². The van der Waals surface area contributed by atoms with Gasteiger partial charge in [0.1, 0.15) is 15.7 Å². The van der Waals surface area contributed by atoms with E-state index in [2.05, 4.69) is 9.88 Å². The molecular weight excluding hydrogens is 258 g/mol. The highest BCUT2D eigenvalue weighted by atomic mass is 32.2. The van der Waals surface area contributed by atoms with Crippen molar-refractivity contribution in [1.29, 1.82) is 0 Å². The van der Waals surface area contributed by atoms with Gasteiger partial charge in [0.25, 0.3) is 0 Å². The molecule has 0 aliphatic heterocycles. The molecular formula is C6H15N3O5S2. The Balaban J connectivity index is 4.08. The second-order valence-electron chi connectivity index (χ2n) is 3.18. The van der Waals surface area contributed by atoms with E-state index in [1.165, 1.54) is 0 Å². The van der Waals surface area contributed by atoms with Gasteiger partial charge in [-0.1, -0.05) is 5.16 Å². The Bertz CT molecular complexity index is 439. The van der Waals surface area contributed by atoms with Crippen LogP contribution in [0.4, 0.5) is 0 Å². The van der Waals surface area contributed by atoms with Crippen molar-refractivity contribution in [2.75, 3.05) is 24.3 Å². The van der Waals surface area contributed by atoms with Gasteiger partial charge in [-0.2, -0.15) is 0 Å². The first-order chi connectivity index (χ1) is 7.16. The van der Waals surface area contributed by atoms with Crippen LogP contribution in [-0.4, -0.2) is 52.2 Å². The predicted octanol–water partition coefficient (Wildman–Crippen LogP) is -1.91. The molecule has 0 amide bonds. The molecule has 96 valence electrons. The average molecular weight is 273 g/mol. The van der Waals surface area contributed by atoms with E-state index >= 15 is 0 Å². The molecule has 0 bridgehead atoms. The highest BCUT2D eigenvalue weighted by Crippen LogP contribution is 1.90. The largest absolute Gasteiger partial charge is 0.409 e. The van der Waals surface area contributed by atoms with Gasteiger partial charge in [0.2, 0.25) is 10.0 Å². The van der Waals surface area contributed by atoms with Crippen LogP contribution < -0.4 is 10.5 Å². The second kappa shape index (κ2) is 6.01. The van der Waals surface area contributed by atoms with E-state index in [0.717, 1.165) is 6.26 Å². The lowest BCUT2D eigenvalue weighted by molar-refractivity contribution is 0.317. The van der Waals surface area contributed by atoms with Gasteiger partial charge in [-0.3, -0.25) is 0 Å². The molecule has 0 heterocycles. The van der Waals surface area contributed by atoms with Crippen LogP contribution in [0.1, 0.15) is 6.42 Å². The number of sulfone groups is 1. The number of rotatable bonds is 7. The molecule has 0 atom stereocenters. The van der Waals surface area contributed by atoms with Crippen molar-refractivity contribution in [3.05, 3.63) is 0 Å². The van der Waals surface area contributed by atoms with E-state index in [1.54, 1.807) is 0 Å². The molecule has 0 saturated carbocycles. The zero-order valence-electron chi connectivity index (χ0n) is 8.75. The fourth-order valence-electron chi connectivity index (χ4n) is 0.718. The van der Waals surface area contributed by atoms with Crippen LogP contribution in [0.25, 0.3) is 0 Å². The molecule has 0 aliphatic rings. The molecule has 0 aromatic rings. The van der Waals surface area contributed by atoms with Crippen LogP contribution in [0.5, 0.6) is 0 Å². The molecule has 0 spiro atoms. The quantitative estimate of drug-likeness (QED) is 0.214. The fraction of sp³-hybridized carbons (Fsp3) is 0.833. The summed E-state index contributed by atoms with van der Waals surface area (Å²) >= 11 is 0. The summed E-state index contributed by atoms with van der Waals surface area (Å²) in [7, 11) is -6.95. The molecule has 0 unspecified atom stereocenters. The highest BCUT2D eigenvalue weighted by Gasteiger charge is 2.13. The summed E-state index contributed by atoms with van der Waals surface area (Å²) in [6, 6.07) is 0. The Labute approximate surface area is 94.5 Å². The van der Waals surface area contributed by atoms with Crippen molar-refractivity contribution in [1.82, 2.24) is 4.72 Å². The van der Waals surface area contributed by atoms with Crippen molar-refractivity contribution in [2.45, 2.75) is 6.42 Å². The standard InChI is InChI=1S/C6H15N3O5S2/c1-15(11,12)4-5-16(13,14)8-3-2-6(7)9-10/h8,10H,2-5H2,1H3,(H2,7,9). The number of nitrogens with zero attached hydrogens (tertiary/aromatic N) is 1. The van der Waals surface area contributed by atoms with E-state index in [0.29, 0.717) is 0 Å². The first-order valence-electron chi connectivity index (χ1n) is 4.28. The number of hydrogen-bond acceptors (Lipinski definition) is 6. The lowest BCUT2D eigenvalue weighted by atomic mass is 10.4.